The van der Waals surface area contributed by atoms with Crippen molar-refractivity contribution < 1.29 is 18.0 Å². The third-order valence-electron chi connectivity index (χ3n) is 4.66. The highest BCUT2D eigenvalue weighted by molar-refractivity contribution is 5.96. The Balaban J connectivity index is 1.69. The fraction of sp³-hybridized carbons (Fsp3) is 0.208. The number of rotatable bonds is 8. The van der Waals surface area contributed by atoms with Gasteiger partial charge in [0.25, 0.3) is 0 Å². The van der Waals surface area contributed by atoms with E-state index in [0.717, 1.165) is 23.3 Å². The van der Waals surface area contributed by atoms with E-state index in [1.54, 1.807) is 0 Å². The summed E-state index contributed by atoms with van der Waals surface area (Å²) in [7, 11) is 0. The molecule has 2 nitrogen and oxygen atoms in total. The van der Waals surface area contributed by atoms with Crippen LogP contribution in [-0.4, -0.2) is 17.2 Å². The molecule has 0 heterocycles. The van der Waals surface area contributed by atoms with Gasteiger partial charge in [0.1, 0.15) is 0 Å². The zero-order chi connectivity index (χ0) is 20.7. The highest BCUT2D eigenvalue weighted by atomic mass is 19.4. The minimum Gasteiger partial charge on any atom is -0.294 e. The fourth-order valence-corrected chi connectivity index (χ4v) is 3.17. The molecule has 0 saturated carbocycles. The normalized spacial score (nSPS) is 11.6. The van der Waals surface area contributed by atoms with E-state index in [2.05, 4.69) is 4.90 Å². The van der Waals surface area contributed by atoms with Crippen LogP contribution in [0.25, 0.3) is 0 Å². The van der Waals surface area contributed by atoms with E-state index in [9.17, 15) is 18.0 Å². The number of ketones is 1. The lowest BCUT2D eigenvalue weighted by Crippen LogP contribution is -2.25. The van der Waals surface area contributed by atoms with Gasteiger partial charge >= 0.3 is 6.18 Å². The number of carbonyl (C=O) groups is 1. The lowest BCUT2D eigenvalue weighted by atomic mass is 10.0. The molecule has 0 spiro atoms. The van der Waals surface area contributed by atoms with Crippen molar-refractivity contribution >= 4 is 5.78 Å². The van der Waals surface area contributed by atoms with Crippen LogP contribution in [0.5, 0.6) is 0 Å². The zero-order valence-electron chi connectivity index (χ0n) is 15.9. The topological polar surface area (TPSA) is 20.3 Å². The van der Waals surface area contributed by atoms with Crippen molar-refractivity contribution in [1.82, 2.24) is 4.90 Å². The molecule has 0 saturated heterocycles. The second-order valence-electron chi connectivity index (χ2n) is 6.93. The number of alkyl halides is 3. The van der Waals surface area contributed by atoms with Crippen LogP contribution in [0.4, 0.5) is 13.2 Å². The molecule has 0 aliphatic heterocycles. The van der Waals surface area contributed by atoms with E-state index in [-0.39, 0.29) is 17.8 Å². The molecule has 0 unspecified atom stereocenters. The van der Waals surface area contributed by atoms with Crippen molar-refractivity contribution in [3.63, 3.8) is 0 Å². The molecule has 29 heavy (non-hydrogen) atoms. The molecule has 3 rings (SSSR count). The van der Waals surface area contributed by atoms with Crippen LogP contribution in [0.2, 0.25) is 0 Å². The number of benzene rings is 3. The second kappa shape index (κ2) is 9.52. The Bertz CT molecular complexity index is 882. The van der Waals surface area contributed by atoms with Gasteiger partial charge in [-0.05, 0) is 23.3 Å². The summed E-state index contributed by atoms with van der Waals surface area (Å²) in [5.41, 5.74) is 1.54. The largest absolute Gasteiger partial charge is 0.416 e. The Morgan fingerprint density at radius 3 is 1.83 bits per heavy atom. The van der Waals surface area contributed by atoms with Crippen molar-refractivity contribution in [2.24, 2.45) is 0 Å². The molecular weight excluding hydrogens is 375 g/mol. The van der Waals surface area contributed by atoms with Gasteiger partial charge < -0.3 is 0 Å². The van der Waals surface area contributed by atoms with E-state index in [1.807, 2.05) is 60.7 Å². The van der Waals surface area contributed by atoms with Crippen molar-refractivity contribution in [3.8, 4) is 0 Å². The fourth-order valence-electron chi connectivity index (χ4n) is 3.17. The first kappa shape index (κ1) is 20.8. The maximum absolute atomic E-state index is 12.9. The van der Waals surface area contributed by atoms with Crippen LogP contribution >= 0.6 is 0 Å². The van der Waals surface area contributed by atoms with Crippen molar-refractivity contribution in [2.75, 3.05) is 6.54 Å². The first-order chi connectivity index (χ1) is 13.9. The Labute approximate surface area is 168 Å². The standard InChI is InChI=1S/C24H22F3NO/c25-24(26,27)22-13-7-12-21(16-22)23(29)14-15-28(17-19-8-3-1-4-9-19)18-20-10-5-2-6-11-20/h1-13,16H,14-15,17-18H2. The van der Waals surface area contributed by atoms with Crippen molar-refractivity contribution in [1.29, 1.82) is 0 Å². The molecule has 0 amide bonds. The zero-order valence-corrected chi connectivity index (χ0v) is 15.9. The van der Waals surface area contributed by atoms with E-state index in [4.69, 9.17) is 0 Å². The Kier molecular flexibility index (Phi) is 6.83. The van der Waals surface area contributed by atoms with Crippen molar-refractivity contribution in [3.05, 3.63) is 107 Å². The Morgan fingerprint density at radius 1 is 0.759 bits per heavy atom. The molecule has 0 atom stereocenters. The summed E-state index contributed by atoms with van der Waals surface area (Å²) >= 11 is 0. The first-order valence-corrected chi connectivity index (χ1v) is 9.42. The van der Waals surface area contributed by atoms with Gasteiger partial charge in [0.05, 0.1) is 5.56 Å². The number of halogens is 3. The number of hydrogen-bond donors (Lipinski definition) is 0. The predicted molar refractivity (Wildman–Crippen MR) is 107 cm³/mol. The minimum atomic E-state index is -4.46. The van der Waals surface area contributed by atoms with Gasteiger partial charge in [-0.1, -0.05) is 72.8 Å². The number of carbonyl (C=O) groups excluding carboxylic acids is 1. The SMILES string of the molecule is O=C(CCN(Cc1ccccc1)Cc1ccccc1)c1cccc(C(F)(F)F)c1. The van der Waals surface area contributed by atoms with E-state index < -0.39 is 11.7 Å². The molecule has 3 aromatic carbocycles. The van der Waals surface area contributed by atoms with E-state index >= 15 is 0 Å². The summed E-state index contributed by atoms with van der Waals surface area (Å²) in [6.07, 6.45) is -4.30. The highest BCUT2D eigenvalue weighted by Gasteiger charge is 2.30. The summed E-state index contributed by atoms with van der Waals surface area (Å²) in [4.78, 5) is 14.7. The lowest BCUT2D eigenvalue weighted by Gasteiger charge is -2.22. The van der Waals surface area contributed by atoms with Crippen LogP contribution in [0.15, 0.2) is 84.9 Å². The molecule has 3 aromatic rings. The molecule has 0 fully saturated rings. The van der Waals surface area contributed by atoms with Crippen LogP contribution in [-0.2, 0) is 19.3 Å². The van der Waals surface area contributed by atoms with Gasteiger partial charge in [0, 0.05) is 31.6 Å². The molecule has 5 heteroatoms. The van der Waals surface area contributed by atoms with Crippen LogP contribution in [0.3, 0.4) is 0 Å². The summed E-state index contributed by atoms with van der Waals surface area (Å²) in [5.74, 6) is -0.290. The molecular formula is C24H22F3NO. The van der Waals surface area contributed by atoms with E-state index in [0.29, 0.717) is 19.6 Å². The Morgan fingerprint density at radius 2 is 1.31 bits per heavy atom. The summed E-state index contributed by atoms with van der Waals surface area (Å²) in [5, 5.41) is 0. The monoisotopic (exact) mass is 397 g/mol. The summed E-state index contributed by atoms with van der Waals surface area (Å²) in [6, 6.07) is 24.5. The van der Waals surface area contributed by atoms with Crippen LogP contribution < -0.4 is 0 Å². The van der Waals surface area contributed by atoms with Gasteiger partial charge in [-0.15, -0.1) is 0 Å². The maximum Gasteiger partial charge on any atom is 0.416 e. The molecule has 0 aliphatic carbocycles. The summed E-state index contributed by atoms with van der Waals surface area (Å²) < 4.78 is 38.7. The predicted octanol–water partition coefficient (Wildman–Crippen LogP) is 5.98. The maximum atomic E-state index is 12.9. The van der Waals surface area contributed by atoms with Crippen LogP contribution in [0, 0.1) is 0 Å². The first-order valence-electron chi connectivity index (χ1n) is 9.42. The van der Waals surface area contributed by atoms with Gasteiger partial charge in [0.15, 0.2) is 5.78 Å². The van der Waals surface area contributed by atoms with Gasteiger partial charge in [0.2, 0.25) is 0 Å². The molecule has 0 radical (unpaired) electrons. The number of nitrogens with zero attached hydrogens (tertiary/aromatic N) is 1. The second-order valence-corrected chi connectivity index (χ2v) is 6.93. The van der Waals surface area contributed by atoms with Gasteiger partial charge in [-0.25, -0.2) is 0 Å². The molecule has 0 aliphatic rings. The average molecular weight is 397 g/mol. The smallest absolute Gasteiger partial charge is 0.294 e. The molecule has 0 N–H and O–H groups in total. The van der Waals surface area contributed by atoms with Crippen molar-refractivity contribution in [2.45, 2.75) is 25.7 Å². The molecule has 0 bridgehead atoms. The third kappa shape index (κ3) is 6.29. The quantitative estimate of drug-likeness (QED) is 0.436. The minimum absolute atomic E-state index is 0.0965. The highest BCUT2D eigenvalue weighted by Crippen LogP contribution is 2.29. The lowest BCUT2D eigenvalue weighted by molar-refractivity contribution is -0.137. The Hall–Kier alpha value is -2.92. The van der Waals surface area contributed by atoms with Gasteiger partial charge in [-0.2, -0.15) is 13.2 Å². The third-order valence-corrected chi connectivity index (χ3v) is 4.66. The summed E-state index contributed by atoms with van der Waals surface area (Å²) in [6.45, 7) is 1.77. The molecule has 0 aromatic heterocycles. The number of hydrogen-bond acceptors (Lipinski definition) is 2. The van der Waals surface area contributed by atoms with Gasteiger partial charge in [-0.3, -0.25) is 9.69 Å². The van der Waals surface area contributed by atoms with Crippen LogP contribution in [0.1, 0.15) is 33.5 Å². The molecule has 150 valence electrons. The van der Waals surface area contributed by atoms with E-state index in [1.165, 1.54) is 12.1 Å². The average Bonchev–Trinajstić information content (AvgIpc) is 2.73. The number of Topliss-reactive ketones (excluding diaryl/α,β-unsaturated/α-hetero) is 1.